The summed E-state index contributed by atoms with van der Waals surface area (Å²) in [6.07, 6.45) is 4.67. The van der Waals surface area contributed by atoms with E-state index in [1.807, 2.05) is 53.2 Å². The first-order valence-electron chi connectivity index (χ1n) is 9.69. The first kappa shape index (κ1) is 18.4. The van der Waals surface area contributed by atoms with Gasteiger partial charge >= 0.3 is 0 Å². The van der Waals surface area contributed by atoms with Crippen LogP contribution in [-0.2, 0) is 19.5 Å². The molecule has 0 aliphatic carbocycles. The molecular formula is C23H26N4O. The zero-order chi connectivity index (χ0) is 19.5. The Morgan fingerprint density at radius 1 is 1.14 bits per heavy atom. The lowest BCUT2D eigenvalue weighted by Gasteiger charge is -2.36. The highest BCUT2D eigenvalue weighted by molar-refractivity contribution is 5.94. The Morgan fingerprint density at radius 3 is 2.75 bits per heavy atom. The molecule has 0 unspecified atom stereocenters. The first-order chi connectivity index (χ1) is 13.6. The summed E-state index contributed by atoms with van der Waals surface area (Å²) in [6, 6.07) is 18.7. The monoisotopic (exact) mass is 374 g/mol. The molecule has 1 aliphatic rings. The van der Waals surface area contributed by atoms with E-state index in [9.17, 15) is 4.79 Å². The Labute approximate surface area is 166 Å². The van der Waals surface area contributed by atoms with E-state index in [0.29, 0.717) is 19.1 Å². The van der Waals surface area contributed by atoms with Crippen molar-refractivity contribution >= 4 is 5.91 Å². The van der Waals surface area contributed by atoms with Gasteiger partial charge in [0.1, 0.15) is 0 Å². The lowest BCUT2D eigenvalue weighted by Crippen LogP contribution is -2.46. The van der Waals surface area contributed by atoms with E-state index >= 15 is 0 Å². The normalized spacial score (nSPS) is 16.6. The minimum absolute atomic E-state index is 0.0644. The van der Waals surface area contributed by atoms with Crippen molar-refractivity contribution in [1.29, 1.82) is 0 Å². The number of aromatic nitrogens is 2. The highest BCUT2D eigenvalue weighted by Gasteiger charge is 2.25. The van der Waals surface area contributed by atoms with E-state index in [2.05, 4.69) is 41.3 Å². The minimum Gasteiger partial charge on any atom is -0.340 e. The van der Waals surface area contributed by atoms with E-state index in [4.69, 9.17) is 0 Å². The van der Waals surface area contributed by atoms with E-state index in [-0.39, 0.29) is 5.91 Å². The van der Waals surface area contributed by atoms with Crippen molar-refractivity contribution < 1.29 is 4.79 Å². The van der Waals surface area contributed by atoms with Gasteiger partial charge in [0, 0.05) is 44.1 Å². The standard InChI is InChI=1S/C23H26N4O/c1-25-16-21-9-4-3-8-19(21)14-22(25)17-26(2)23(28)20-10-5-7-18(13-20)15-27-12-6-11-24-27/h3-13,22H,14-17H2,1-2H3/t22-/m0/s1. The molecule has 3 aromatic rings. The fourth-order valence-electron chi connectivity index (χ4n) is 3.93. The number of carbonyl (C=O) groups excluding carboxylic acids is 1. The summed E-state index contributed by atoms with van der Waals surface area (Å²) in [5, 5.41) is 4.24. The molecule has 28 heavy (non-hydrogen) atoms. The average Bonchev–Trinajstić information content (AvgIpc) is 3.21. The maximum atomic E-state index is 13.0. The number of nitrogens with zero attached hydrogens (tertiary/aromatic N) is 4. The van der Waals surface area contributed by atoms with Crippen molar-refractivity contribution in [2.75, 3.05) is 20.6 Å². The highest BCUT2D eigenvalue weighted by Crippen LogP contribution is 2.22. The maximum Gasteiger partial charge on any atom is 0.253 e. The molecule has 1 aliphatic heterocycles. The van der Waals surface area contributed by atoms with Crippen molar-refractivity contribution in [2.45, 2.75) is 25.6 Å². The van der Waals surface area contributed by atoms with Gasteiger partial charge in [-0.15, -0.1) is 0 Å². The second-order valence-electron chi connectivity index (χ2n) is 7.63. The van der Waals surface area contributed by atoms with Crippen LogP contribution in [0.2, 0.25) is 0 Å². The molecule has 144 valence electrons. The van der Waals surface area contributed by atoms with Gasteiger partial charge in [-0.1, -0.05) is 36.4 Å². The fourth-order valence-corrected chi connectivity index (χ4v) is 3.93. The smallest absolute Gasteiger partial charge is 0.253 e. The molecule has 4 rings (SSSR count). The van der Waals surface area contributed by atoms with Crippen LogP contribution in [0.5, 0.6) is 0 Å². The van der Waals surface area contributed by atoms with Crippen molar-refractivity contribution in [3.8, 4) is 0 Å². The average molecular weight is 374 g/mol. The van der Waals surface area contributed by atoms with Crippen LogP contribution < -0.4 is 0 Å². The molecule has 0 bridgehead atoms. The number of hydrogen-bond acceptors (Lipinski definition) is 3. The Balaban J connectivity index is 1.44. The molecule has 1 amide bonds. The van der Waals surface area contributed by atoms with E-state index < -0.39 is 0 Å². The number of hydrogen-bond donors (Lipinski definition) is 0. The number of amides is 1. The van der Waals surface area contributed by atoms with Crippen LogP contribution in [0.15, 0.2) is 67.0 Å². The van der Waals surface area contributed by atoms with Crippen molar-refractivity contribution in [2.24, 2.45) is 0 Å². The number of carbonyl (C=O) groups is 1. The summed E-state index contributed by atoms with van der Waals surface area (Å²) in [6.45, 7) is 2.31. The molecule has 0 spiro atoms. The topological polar surface area (TPSA) is 41.4 Å². The van der Waals surface area contributed by atoms with Crippen LogP contribution in [0, 0.1) is 0 Å². The maximum absolute atomic E-state index is 13.0. The van der Waals surface area contributed by atoms with Crippen LogP contribution in [0.1, 0.15) is 27.0 Å². The molecule has 2 heterocycles. The largest absolute Gasteiger partial charge is 0.340 e. The van der Waals surface area contributed by atoms with Crippen molar-refractivity contribution in [3.05, 3.63) is 89.2 Å². The second-order valence-corrected chi connectivity index (χ2v) is 7.63. The van der Waals surface area contributed by atoms with Gasteiger partial charge in [-0.2, -0.15) is 5.10 Å². The SMILES string of the molecule is CN(C[C@@H]1Cc2ccccc2CN1C)C(=O)c1cccc(Cn2cccn2)c1. The predicted molar refractivity (Wildman–Crippen MR) is 110 cm³/mol. The number of likely N-dealkylation sites (N-methyl/N-ethyl adjacent to an activating group) is 2. The summed E-state index contributed by atoms with van der Waals surface area (Å²) >= 11 is 0. The Morgan fingerprint density at radius 2 is 1.96 bits per heavy atom. The predicted octanol–water partition coefficient (Wildman–Crippen LogP) is 3.06. The summed E-state index contributed by atoms with van der Waals surface area (Å²) in [5.41, 5.74) is 4.59. The first-order valence-corrected chi connectivity index (χ1v) is 9.69. The van der Waals surface area contributed by atoms with E-state index in [1.54, 1.807) is 6.20 Å². The molecule has 5 heteroatoms. The third-order valence-corrected chi connectivity index (χ3v) is 5.53. The molecule has 0 N–H and O–H groups in total. The molecule has 1 aromatic heterocycles. The molecule has 0 fully saturated rings. The summed E-state index contributed by atoms with van der Waals surface area (Å²) in [4.78, 5) is 17.2. The lowest BCUT2D eigenvalue weighted by molar-refractivity contribution is 0.0733. The van der Waals surface area contributed by atoms with Gasteiger partial charge < -0.3 is 4.90 Å². The van der Waals surface area contributed by atoms with Crippen LogP contribution >= 0.6 is 0 Å². The van der Waals surface area contributed by atoms with Crippen LogP contribution in [0.3, 0.4) is 0 Å². The molecule has 2 aromatic carbocycles. The van der Waals surface area contributed by atoms with Crippen LogP contribution in [-0.4, -0.2) is 52.2 Å². The van der Waals surface area contributed by atoms with Gasteiger partial charge in [0.05, 0.1) is 6.54 Å². The highest BCUT2D eigenvalue weighted by atomic mass is 16.2. The van der Waals surface area contributed by atoms with Crippen molar-refractivity contribution in [1.82, 2.24) is 19.6 Å². The third kappa shape index (κ3) is 3.99. The number of fused-ring (bicyclic) bond motifs is 1. The van der Waals surface area contributed by atoms with Gasteiger partial charge in [-0.3, -0.25) is 14.4 Å². The zero-order valence-corrected chi connectivity index (χ0v) is 16.5. The quantitative estimate of drug-likeness (QED) is 0.689. The minimum atomic E-state index is 0.0644. The van der Waals surface area contributed by atoms with Gasteiger partial charge in [0.15, 0.2) is 0 Å². The summed E-state index contributed by atoms with van der Waals surface area (Å²) in [5.74, 6) is 0.0644. The van der Waals surface area contributed by atoms with Crippen LogP contribution in [0.4, 0.5) is 0 Å². The Kier molecular flexibility index (Phi) is 5.26. The van der Waals surface area contributed by atoms with Gasteiger partial charge in [0.2, 0.25) is 0 Å². The summed E-state index contributed by atoms with van der Waals surface area (Å²) in [7, 11) is 4.04. The molecular weight excluding hydrogens is 348 g/mol. The molecule has 0 saturated carbocycles. The van der Waals surface area contributed by atoms with E-state index in [0.717, 1.165) is 24.1 Å². The summed E-state index contributed by atoms with van der Waals surface area (Å²) < 4.78 is 1.86. The van der Waals surface area contributed by atoms with Gasteiger partial charge in [-0.25, -0.2) is 0 Å². The lowest BCUT2D eigenvalue weighted by atomic mass is 9.94. The Bertz CT molecular complexity index is 951. The Hall–Kier alpha value is -2.92. The van der Waals surface area contributed by atoms with Crippen LogP contribution in [0.25, 0.3) is 0 Å². The van der Waals surface area contributed by atoms with E-state index in [1.165, 1.54) is 11.1 Å². The third-order valence-electron chi connectivity index (χ3n) is 5.53. The molecule has 5 nitrogen and oxygen atoms in total. The van der Waals surface area contributed by atoms with Gasteiger partial charge in [0.25, 0.3) is 5.91 Å². The number of rotatable bonds is 5. The molecule has 0 saturated heterocycles. The molecule has 1 atom stereocenters. The fraction of sp³-hybridized carbons (Fsp3) is 0.304. The second kappa shape index (κ2) is 7.98. The molecule has 0 radical (unpaired) electrons. The van der Waals surface area contributed by atoms with Gasteiger partial charge in [-0.05, 0) is 48.4 Å². The zero-order valence-electron chi connectivity index (χ0n) is 16.5. The van der Waals surface area contributed by atoms with Crippen molar-refractivity contribution in [3.63, 3.8) is 0 Å². The number of benzene rings is 2.